The molecule has 0 fully saturated rings. The van der Waals surface area contributed by atoms with Gasteiger partial charge in [0.25, 0.3) is 0 Å². The molecule has 1 aromatic rings. The van der Waals surface area contributed by atoms with Crippen molar-refractivity contribution in [3.8, 4) is 0 Å². The quantitative estimate of drug-likeness (QED) is 0.856. The first-order chi connectivity index (χ1) is 6.96. The molecular formula is C12H22N2S. The molecule has 1 heterocycles. The van der Waals surface area contributed by atoms with E-state index in [0.29, 0.717) is 17.9 Å². The molecule has 2 N–H and O–H groups in total. The van der Waals surface area contributed by atoms with Crippen LogP contribution in [0.2, 0.25) is 0 Å². The van der Waals surface area contributed by atoms with Crippen molar-refractivity contribution >= 4 is 11.3 Å². The summed E-state index contributed by atoms with van der Waals surface area (Å²) in [5.74, 6) is 0.440. The maximum atomic E-state index is 5.72. The standard InChI is InChI=1S/C12H22N2S/c1-5-9(7-13)10-8-15-11(14-10)6-12(2,3)4/h8-9H,5-7,13H2,1-4H3. The van der Waals surface area contributed by atoms with Crippen molar-refractivity contribution in [3.05, 3.63) is 16.1 Å². The maximum Gasteiger partial charge on any atom is 0.0933 e. The lowest BCUT2D eigenvalue weighted by molar-refractivity contribution is 0.410. The Balaban J connectivity index is 2.71. The number of aromatic nitrogens is 1. The summed E-state index contributed by atoms with van der Waals surface area (Å²) in [6.45, 7) is 9.60. The van der Waals surface area contributed by atoms with Gasteiger partial charge in [0, 0.05) is 24.3 Å². The van der Waals surface area contributed by atoms with Gasteiger partial charge in [-0.3, -0.25) is 0 Å². The van der Waals surface area contributed by atoms with E-state index in [2.05, 4.69) is 38.1 Å². The predicted octanol–water partition coefficient (Wildman–Crippen LogP) is 3.18. The number of hydrogen-bond donors (Lipinski definition) is 1. The molecule has 0 saturated heterocycles. The van der Waals surface area contributed by atoms with Gasteiger partial charge in [0.15, 0.2) is 0 Å². The highest BCUT2D eigenvalue weighted by molar-refractivity contribution is 7.09. The minimum atomic E-state index is 0.319. The molecule has 0 aliphatic heterocycles. The molecule has 2 nitrogen and oxygen atoms in total. The maximum absolute atomic E-state index is 5.72. The molecule has 1 aromatic heterocycles. The second-order valence-electron chi connectivity index (χ2n) is 5.24. The van der Waals surface area contributed by atoms with Gasteiger partial charge in [-0.25, -0.2) is 4.98 Å². The number of thiazole rings is 1. The topological polar surface area (TPSA) is 38.9 Å². The van der Waals surface area contributed by atoms with E-state index in [4.69, 9.17) is 5.73 Å². The largest absolute Gasteiger partial charge is 0.330 e. The Morgan fingerprint density at radius 3 is 2.60 bits per heavy atom. The normalized spacial score (nSPS) is 14.2. The summed E-state index contributed by atoms with van der Waals surface area (Å²) in [4.78, 5) is 4.68. The molecule has 1 atom stereocenters. The lowest BCUT2D eigenvalue weighted by atomic mass is 9.93. The summed E-state index contributed by atoms with van der Waals surface area (Å²) in [6, 6.07) is 0. The molecule has 0 amide bonds. The van der Waals surface area contributed by atoms with Crippen molar-refractivity contribution < 1.29 is 0 Å². The molecule has 86 valence electrons. The van der Waals surface area contributed by atoms with Crippen LogP contribution in [0, 0.1) is 5.41 Å². The Morgan fingerprint density at radius 1 is 1.47 bits per heavy atom. The molecule has 1 rings (SSSR count). The Bertz CT molecular complexity index is 295. The van der Waals surface area contributed by atoms with E-state index < -0.39 is 0 Å². The van der Waals surface area contributed by atoms with Crippen LogP contribution in [0.4, 0.5) is 0 Å². The van der Waals surface area contributed by atoms with Crippen LogP contribution in [0.5, 0.6) is 0 Å². The SMILES string of the molecule is CCC(CN)c1csc(CC(C)(C)C)n1. The highest BCUT2D eigenvalue weighted by Crippen LogP contribution is 2.26. The van der Waals surface area contributed by atoms with Crippen molar-refractivity contribution in [2.45, 2.75) is 46.5 Å². The van der Waals surface area contributed by atoms with Crippen molar-refractivity contribution in [1.29, 1.82) is 0 Å². The van der Waals surface area contributed by atoms with Gasteiger partial charge >= 0.3 is 0 Å². The molecule has 0 aromatic carbocycles. The van der Waals surface area contributed by atoms with Gasteiger partial charge in [-0.15, -0.1) is 11.3 Å². The van der Waals surface area contributed by atoms with E-state index in [-0.39, 0.29) is 0 Å². The van der Waals surface area contributed by atoms with Crippen LogP contribution in [0.15, 0.2) is 5.38 Å². The first kappa shape index (κ1) is 12.7. The van der Waals surface area contributed by atoms with E-state index in [1.54, 1.807) is 11.3 Å². The first-order valence-electron chi connectivity index (χ1n) is 5.60. The zero-order valence-electron chi connectivity index (χ0n) is 10.2. The number of hydrogen-bond acceptors (Lipinski definition) is 3. The summed E-state index contributed by atoms with van der Waals surface area (Å²) in [7, 11) is 0. The number of rotatable bonds is 4. The Morgan fingerprint density at radius 2 is 2.13 bits per heavy atom. The Labute approximate surface area is 96.9 Å². The summed E-state index contributed by atoms with van der Waals surface area (Å²) < 4.78 is 0. The molecule has 0 saturated carbocycles. The fourth-order valence-corrected chi connectivity index (χ4v) is 2.72. The molecule has 0 aliphatic rings. The van der Waals surface area contributed by atoms with Gasteiger partial charge in [0.2, 0.25) is 0 Å². The van der Waals surface area contributed by atoms with Gasteiger partial charge in [0.1, 0.15) is 0 Å². The van der Waals surface area contributed by atoms with E-state index in [1.165, 1.54) is 10.7 Å². The Hall–Kier alpha value is -0.410. The lowest BCUT2D eigenvalue weighted by Gasteiger charge is -2.15. The summed E-state index contributed by atoms with van der Waals surface area (Å²) in [5.41, 5.74) is 7.22. The third-order valence-electron chi connectivity index (χ3n) is 2.45. The van der Waals surface area contributed by atoms with Crippen molar-refractivity contribution in [3.63, 3.8) is 0 Å². The monoisotopic (exact) mass is 226 g/mol. The summed E-state index contributed by atoms with van der Waals surface area (Å²) in [5, 5.41) is 3.41. The average Bonchev–Trinajstić information content (AvgIpc) is 2.52. The van der Waals surface area contributed by atoms with Gasteiger partial charge in [-0.2, -0.15) is 0 Å². The fraction of sp³-hybridized carbons (Fsp3) is 0.750. The zero-order valence-corrected chi connectivity index (χ0v) is 11.0. The highest BCUT2D eigenvalue weighted by Gasteiger charge is 2.16. The van der Waals surface area contributed by atoms with E-state index in [9.17, 15) is 0 Å². The molecular weight excluding hydrogens is 204 g/mol. The molecule has 3 heteroatoms. The smallest absolute Gasteiger partial charge is 0.0933 e. The molecule has 1 unspecified atom stereocenters. The van der Waals surface area contributed by atoms with Gasteiger partial charge in [-0.05, 0) is 11.8 Å². The van der Waals surface area contributed by atoms with Crippen LogP contribution in [0.25, 0.3) is 0 Å². The minimum Gasteiger partial charge on any atom is -0.330 e. The van der Waals surface area contributed by atoms with Crippen LogP contribution in [-0.2, 0) is 6.42 Å². The molecule has 0 aliphatic carbocycles. The van der Waals surface area contributed by atoms with Crippen molar-refractivity contribution in [2.24, 2.45) is 11.1 Å². The number of nitrogens with zero attached hydrogens (tertiary/aromatic N) is 1. The van der Waals surface area contributed by atoms with Crippen molar-refractivity contribution in [1.82, 2.24) is 4.98 Å². The predicted molar refractivity (Wildman–Crippen MR) is 67.4 cm³/mol. The number of nitrogens with two attached hydrogens (primary N) is 1. The van der Waals surface area contributed by atoms with Crippen LogP contribution in [-0.4, -0.2) is 11.5 Å². The molecule has 0 radical (unpaired) electrons. The van der Waals surface area contributed by atoms with Crippen LogP contribution in [0.1, 0.15) is 50.7 Å². The summed E-state index contributed by atoms with van der Waals surface area (Å²) in [6.07, 6.45) is 2.13. The minimum absolute atomic E-state index is 0.319. The van der Waals surface area contributed by atoms with E-state index in [0.717, 1.165) is 12.8 Å². The van der Waals surface area contributed by atoms with Crippen LogP contribution >= 0.6 is 11.3 Å². The van der Waals surface area contributed by atoms with E-state index >= 15 is 0 Å². The van der Waals surface area contributed by atoms with Gasteiger partial charge in [0.05, 0.1) is 10.7 Å². The van der Waals surface area contributed by atoms with E-state index in [1.807, 2.05) is 0 Å². The molecule has 0 bridgehead atoms. The van der Waals surface area contributed by atoms with Gasteiger partial charge in [-0.1, -0.05) is 27.7 Å². The van der Waals surface area contributed by atoms with Gasteiger partial charge < -0.3 is 5.73 Å². The average molecular weight is 226 g/mol. The van der Waals surface area contributed by atoms with Crippen LogP contribution in [0.3, 0.4) is 0 Å². The third kappa shape index (κ3) is 3.92. The first-order valence-corrected chi connectivity index (χ1v) is 6.48. The fourth-order valence-electron chi connectivity index (χ4n) is 1.54. The van der Waals surface area contributed by atoms with Crippen molar-refractivity contribution in [2.75, 3.05) is 6.54 Å². The lowest BCUT2D eigenvalue weighted by Crippen LogP contribution is -2.13. The molecule has 0 spiro atoms. The third-order valence-corrected chi connectivity index (χ3v) is 3.31. The second kappa shape index (κ2) is 5.08. The molecule has 15 heavy (non-hydrogen) atoms. The van der Waals surface area contributed by atoms with Crippen LogP contribution < -0.4 is 5.73 Å². The summed E-state index contributed by atoms with van der Waals surface area (Å²) >= 11 is 1.77. The second-order valence-corrected chi connectivity index (χ2v) is 6.19. The Kier molecular flexibility index (Phi) is 4.29. The zero-order chi connectivity index (χ0) is 11.5. The highest BCUT2D eigenvalue weighted by atomic mass is 32.1.